The maximum absolute atomic E-state index is 14.8. The van der Waals surface area contributed by atoms with Crippen LogP contribution in [0.1, 0.15) is 29.5 Å². The summed E-state index contributed by atoms with van der Waals surface area (Å²) >= 11 is 0. The highest BCUT2D eigenvalue weighted by Crippen LogP contribution is 2.28. The fourth-order valence-corrected chi connectivity index (χ4v) is 5.04. The van der Waals surface area contributed by atoms with Crippen LogP contribution in [-0.4, -0.2) is 70.3 Å². The molecule has 0 radical (unpaired) electrons. The number of β-amino-alcohol motifs (C(OH)–C–C–N with tert-alkyl or cyclic N) is 1. The van der Waals surface area contributed by atoms with Crippen molar-refractivity contribution in [3.63, 3.8) is 0 Å². The molecular weight excluding hydrogens is 513 g/mol. The first-order chi connectivity index (χ1) is 19.3. The summed E-state index contributed by atoms with van der Waals surface area (Å²) in [6.07, 6.45) is 5.19. The minimum atomic E-state index is -1.14. The van der Waals surface area contributed by atoms with E-state index in [4.69, 9.17) is 15.7 Å². The Bertz CT molecular complexity index is 1440. The molecule has 0 aliphatic carbocycles. The summed E-state index contributed by atoms with van der Waals surface area (Å²) in [4.78, 5) is 20.9. The van der Waals surface area contributed by atoms with Gasteiger partial charge in [-0.15, -0.1) is 0 Å². The number of rotatable bonds is 8. The summed E-state index contributed by atoms with van der Waals surface area (Å²) in [5.41, 5.74) is 8.82. The molecule has 3 heterocycles. The highest BCUT2D eigenvalue weighted by atomic mass is 19.1. The highest BCUT2D eigenvalue weighted by Gasteiger charge is 2.38. The number of aliphatic hydroxyl groups is 1. The van der Waals surface area contributed by atoms with Crippen molar-refractivity contribution in [2.45, 2.75) is 31.5 Å². The van der Waals surface area contributed by atoms with Gasteiger partial charge in [-0.25, -0.2) is 9.38 Å². The molecule has 2 aliphatic rings. The van der Waals surface area contributed by atoms with Gasteiger partial charge in [0.1, 0.15) is 23.5 Å². The summed E-state index contributed by atoms with van der Waals surface area (Å²) in [5.74, 6) is -0.838. The van der Waals surface area contributed by atoms with Gasteiger partial charge in [-0.1, -0.05) is 41.6 Å². The molecule has 1 saturated heterocycles. The van der Waals surface area contributed by atoms with Crippen LogP contribution < -0.4 is 11.1 Å². The van der Waals surface area contributed by atoms with E-state index in [9.17, 15) is 14.3 Å². The predicted molar refractivity (Wildman–Crippen MR) is 150 cm³/mol. The third kappa shape index (κ3) is 5.71. The molecule has 1 fully saturated rings. The molecule has 1 amide bonds. The first kappa shape index (κ1) is 27.4. The van der Waals surface area contributed by atoms with Gasteiger partial charge < -0.3 is 20.7 Å². The number of benzene rings is 2. The second kappa shape index (κ2) is 11.5. The van der Waals surface area contributed by atoms with Crippen molar-refractivity contribution in [1.29, 1.82) is 5.41 Å². The zero-order valence-corrected chi connectivity index (χ0v) is 22.2. The summed E-state index contributed by atoms with van der Waals surface area (Å²) < 4.78 is 19.6. The number of nitrogens with two attached hydrogens (primary N) is 1. The van der Waals surface area contributed by atoms with Gasteiger partial charge in [-0.2, -0.15) is 0 Å². The molecule has 5 N–H and O–H groups in total. The van der Waals surface area contributed by atoms with Gasteiger partial charge in [0.25, 0.3) is 5.91 Å². The van der Waals surface area contributed by atoms with Crippen molar-refractivity contribution in [2.75, 3.05) is 26.7 Å². The number of halogens is 1. The van der Waals surface area contributed by atoms with Crippen LogP contribution in [0.15, 0.2) is 70.1 Å². The molecule has 2 aromatic carbocycles. The van der Waals surface area contributed by atoms with Crippen LogP contribution in [-0.2, 0) is 17.9 Å². The lowest BCUT2D eigenvalue weighted by Crippen LogP contribution is -2.53. The maximum Gasteiger partial charge on any atom is 0.279 e. The number of nitrogens with one attached hydrogen (secondary N) is 2. The fraction of sp³-hybridized carbons (Fsp3) is 0.310. The van der Waals surface area contributed by atoms with Crippen molar-refractivity contribution in [3.05, 3.63) is 83.1 Å². The summed E-state index contributed by atoms with van der Waals surface area (Å²) in [6.45, 7) is 1.93. The van der Waals surface area contributed by atoms with E-state index in [2.05, 4.69) is 20.4 Å². The maximum atomic E-state index is 14.8. The number of hydrogen-bond donors (Lipinski definition) is 4. The molecule has 0 saturated carbocycles. The monoisotopic (exact) mass is 545 g/mol. The lowest BCUT2D eigenvalue weighted by molar-refractivity contribution is -0.124. The Balaban J connectivity index is 1.22. The first-order valence-corrected chi connectivity index (χ1v) is 13.1. The van der Waals surface area contributed by atoms with Crippen molar-refractivity contribution in [2.24, 2.45) is 10.7 Å². The van der Waals surface area contributed by atoms with E-state index in [-0.39, 0.29) is 23.8 Å². The van der Waals surface area contributed by atoms with Crippen molar-refractivity contribution < 1.29 is 18.8 Å². The molecule has 5 rings (SSSR count). The second-order valence-electron chi connectivity index (χ2n) is 10.1. The smallest absolute Gasteiger partial charge is 0.279 e. The van der Waals surface area contributed by atoms with Crippen LogP contribution in [0.5, 0.6) is 0 Å². The molecule has 0 unspecified atom stereocenters. The predicted octanol–water partition coefficient (Wildman–Crippen LogP) is 2.74. The number of hydrogen-bond acceptors (Lipinski definition) is 9. The van der Waals surface area contributed by atoms with E-state index < -0.39 is 11.5 Å². The van der Waals surface area contributed by atoms with Gasteiger partial charge in [0.2, 0.25) is 0 Å². The number of amides is 1. The number of carbonyl (C=O) groups excluding carboxylic acids is 1. The second-order valence-corrected chi connectivity index (χ2v) is 10.1. The SMILES string of the molecule is CN/C(=C1/N=CN(CC2(O)CCN(Cc3ccc(-c4cnoc4)cc3F)CC2)C(=O)C1=N)c1ccc(CN)cc1. The summed E-state index contributed by atoms with van der Waals surface area (Å²) in [5, 5.41) is 26.5. The Kier molecular flexibility index (Phi) is 7.88. The average molecular weight is 546 g/mol. The van der Waals surface area contributed by atoms with Crippen LogP contribution in [0.3, 0.4) is 0 Å². The van der Waals surface area contributed by atoms with E-state index in [0.717, 1.165) is 11.1 Å². The van der Waals surface area contributed by atoms with E-state index in [1.807, 2.05) is 30.3 Å². The molecule has 0 bridgehead atoms. The number of aromatic nitrogens is 1. The molecule has 208 valence electrons. The summed E-state index contributed by atoms with van der Waals surface area (Å²) in [6, 6.07) is 12.6. The van der Waals surface area contributed by atoms with E-state index in [0.29, 0.717) is 61.4 Å². The van der Waals surface area contributed by atoms with Crippen LogP contribution in [0.2, 0.25) is 0 Å². The molecule has 0 atom stereocenters. The Morgan fingerprint density at radius 3 is 2.58 bits per heavy atom. The molecule has 40 heavy (non-hydrogen) atoms. The number of aliphatic imine (C=N–C) groups is 1. The lowest BCUT2D eigenvalue weighted by atomic mass is 9.90. The Hall–Kier alpha value is -4.19. The topological polar surface area (TPSA) is 144 Å². The molecule has 0 spiro atoms. The van der Waals surface area contributed by atoms with Gasteiger partial charge in [0.15, 0.2) is 0 Å². The van der Waals surface area contributed by atoms with Gasteiger partial charge >= 0.3 is 0 Å². The standard InChI is InChI=1S/C29H32FN7O3/c1-33-26(20-4-2-19(13-31)3-5-20)27-25(32)28(38)37(18-34-27)17-29(39)8-10-36(11-9-29)15-22-7-6-21(12-24(22)30)23-14-35-40-16-23/h2-7,12,14,16,18,32-33,39H,8-11,13,15,17,31H2,1H3/b27-26+,32-25?. The molecular formula is C29H32FN7O3. The first-order valence-electron chi connectivity index (χ1n) is 13.1. The Morgan fingerprint density at radius 1 is 1.20 bits per heavy atom. The quantitative estimate of drug-likeness (QED) is 0.341. The minimum absolute atomic E-state index is 0.0285. The number of nitrogens with zero attached hydrogens (tertiary/aromatic N) is 4. The van der Waals surface area contributed by atoms with E-state index in [1.165, 1.54) is 29.8 Å². The number of likely N-dealkylation sites (tertiary alicyclic amines) is 1. The van der Waals surface area contributed by atoms with Crippen LogP contribution in [0.4, 0.5) is 4.39 Å². The van der Waals surface area contributed by atoms with Crippen molar-refractivity contribution in [1.82, 2.24) is 20.3 Å². The number of piperidine rings is 1. The van der Waals surface area contributed by atoms with E-state index >= 15 is 0 Å². The average Bonchev–Trinajstić information content (AvgIpc) is 3.51. The van der Waals surface area contributed by atoms with Gasteiger partial charge in [-0.05, 0) is 35.6 Å². The molecule has 2 aliphatic heterocycles. The highest BCUT2D eigenvalue weighted by molar-refractivity contribution is 6.47. The van der Waals surface area contributed by atoms with Crippen LogP contribution >= 0.6 is 0 Å². The summed E-state index contributed by atoms with van der Waals surface area (Å²) in [7, 11) is 1.71. The van der Waals surface area contributed by atoms with Crippen molar-refractivity contribution in [3.8, 4) is 11.1 Å². The molecule has 3 aromatic rings. The lowest BCUT2D eigenvalue weighted by Gasteiger charge is -2.40. The van der Waals surface area contributed by atoms with E-state index in [1.54, 1.807) is 13.1 Å². The Labute approximate surface area is 231 Å². The van der Waals surface area contributed by atoms with Gasteiger partial charge in [-0.3, -0.25) is 20.0 Å². The largest absolute Gasteiger partial charge is 0.388 e. The molecule has 10 nitrogen and oxygen atoms in total. The third-order valence-electron chi connectivity index (χ3n) is 7.47. The van der Waals surface area contributed by atoms with Gasteiger partial charge in [0, 0.05) is 44.4 Å². The molecule has 11 heteroatoms. The van der Waals surface area contributed by atoms with Gasteiger partial charge in [0.05, 0.1) is 30.4 Å². The zero-order chi connectivity index (χ0) is 28.3. The minimum Gasteiger partial charge on any atom is -0.388 e. The fourth-order valence-electron chi connectivity index (χ4n) is 5.04. The third-order valence-corrected chi connectivity index (χ3v) is 7.47. The normalized spacial score (nSPS) is 18.8. The van der Waals surface area contributed by atoms with Crippen LogP contribution in [0, 0.1) is 11.2 Å². The zero-order valence-electron chi connectivity index (χ0n) is 22.2. The van der Waals surface area contributed by atoms with Crippen molar-refractivity contribution >= 4 is 23.7 Å². The van der Waals surface area contributed by atoms with Crippen LogP contribution in [0.25, 0.3) is 16.8 Å². The molecule has 1 aromatic heterocycles. The Morgan fingerprint density at radius 2 is 1.95 bits per heavy atom. The number of carbonyl (C=O) groups is 1.